The van der Waals surface area contributed by atoms with Gasteiger partial charge in [-0.05, 0) is 47.8 Å². The normalized spacial score (nSPS) is 11.5. The minimum absolute atomic E-state index is 0.0811. The molecule has 1 aromatic heterocycles. The predicted octanol–water partition coefficient (Wildman–Crippen LogP) is 2.63. The Morgan fingerprint density at radius 2 is 1.52 bits per heavy atom. The molecule has 12 heteroatoms. The summed E-state index contributed by atoms with van der Waals surface area (Å²) in [5.41, 5.74) is 0.457. The standard InChI is InChI=1S/C19H17N3O6S3/c1-13(23)21-30(25,26)15-10-8-14(9-11-15)20-19(24)16-5-2-3-6-17(16)22-31(27,28)18-7-4-12-29-18/h2-12,22H,1H3,(H,20,24)(H,21,23). The van der Waals surface area contributed by atoms with Crippen molar-refractivity contribution in [1.29, 1.82) is 0 Å². The average Bonchev–Trinajstić information content (AvgIpc) is 3.23. The molecule has 0 spiro atoms. The molecule has 3 aromatic rings. The number of nitrogens with one attached hydrogen (secondary N) is 3. The first-order chi connectivity index (χ1) is 14.6. The molecule has 0 aliphatic heterocycles. The quantitative estimate of drug-likeness (QED) is 0.476. The van der Waals surface area contributed by atoms with Crippen molar-refractivity contribution in [3.8, 4) is 0 Å². The number of hydrogen-bond acceptors (Lipinski definition) is 7. The molecule has 0 saturated carbocycles. The summed E-state index contributed by atoms with van der Waals surface area (Å²) in [4.78, 5) is 23.6. The Hall–Kier alpha value is -3.22. The summed E-state index contributed by atoms with van der Waals surface area (Å²) < 4.78 is 53.3. The van der Waals surface area contributed by atoms with Crippen LogP contribution in [0.5, 0.6) is 0 Å². The van der Waals surface area contributed by atoms with Crippen LogP contribution in [0.15, 0.2) is 75.1 Å². The number of thiophene rings is 1. The number of carbonyl (C=O) groups excluding carboxylic acids is 2. The zero-order valence-electron chi connectivity index (χ0n) is 16.0. The van der Waals surface area contributed by atoms with Gasteiger partial charge in [0.05, 0.1) is 16.1 Å². The number of sulfonamides is 2. The van der Waals surface area contributed by atoms with Gasteiger partial charge in [0.1, 0.15) is 4.21 Å². The van der Waals surface area contributed by atoms with Crippen molar-refractivity contribution in [2.45, 2.75) is 16.0 Å². The van der Waals surface area contributed by atoms with Crippen LogP contribution in [0, 0.1) is 0 Å². The van der Waals surface area contributed by atoms with E-state index < -0.39 is 31.9 Å². The maximum atomic E-state index is 12.7. The van der Waals surface area contributed by atoms with E-state index in [1.165, 1.54) is 42.5 Å². The van der Waals surface area contributed by atoms with Crippen LogP contribution in [0.3, 0.4) is 0 Å². The molecule has 0 atom stereocenters. The lowest BCUT2D eigenvalue weighted by Crippen LogP contribution is -2.28. The van der Waals surface area contributed by atoms with E-state index >= 15 is 0 Å². The van der Waals surface area contributed by atoms with Gasteiger partial charge in [-0.3, -0.25) is 14.3 Å². The first kappa shape index (κ1) is 22.5. The summed E-state index contributed by atoms with van der Waals surface area (Å²) >= 11 is 1.05. The molecule has 0 unspecified atom stereocenters. The molecular weight excluding hydrogens is 462 g/mol. The van der Waals surface area contributed by atoms with Crippen molar-refractivity contribution in [3.63, 3.8) is 0 Å². The van der Waals surface area contributed by atoms with Crippen LogP contribution >= 0.6 is 11.3 Å². The molecular formula is C19H17N3O6S3. The fourth-order valence-corrected chi connectivity index (χ4v) is 5.61. The minimum atomic E-state index is -3.99. The first-order valence-corrected chi connectivity index (χ1v) is 12.5. The maximum Gasteiger partial charge on any atom is 0.271 e. The van der Waals surface area contributed by atoms with Crippen molar-refractivity contribution in [1.82, 2.24) is 4.72 Å². The van der Waals surface area contributed by atoms with Crippen LogP contribution in [0.25, 0.3) is 0 Å². The van der Waals surface area contributed by atoms with E-state index in [0.717, 1.165) is 18.3 Å². The highest BCUT2D eigenvalue weighted by atomic mass is 32.2. The molecule has 0 aliphatic rings. The van der Waals surface area contributed by atoms with Crippen LogP contribution in [-0.4, -0.2) is 28.6 Å². The van der Waals surface area contributed by atoms with Gasteiger partial charge in [-0.15, -0.1) is 11.3 Å². The van der Waals surface area contributed by atoms with Crippen LogP contribution in [-0.2, 0) is 24.8 Å². The molecule has 0 fully saturated rings. The highest BCUT2D eigenvalue weighted by Crippen LogP contribution is 2.24. The van der Waals surface area contributed by atoms with Gasteiger partial charge in [0.2, 0.25) is 5.91 Å². The molecule has 3 rings (SSSR count). The van der Waals surface area contributed by atoms with Crippen molar-refractivity contribution in [2.24, 2.45) is 0 Å². The maximum absolute atomic E-state index is 12.7. The lowest BCUT2D eigenvalue weighted by Gasteiger charge is -2.12. The Morgan fingerprint density at radius 1 is 0.839 bits per heavy atom. The molecule has 31 heavy (non-hydrogen) atoms. The van der Waals surface area contributed by atoms with E-state index in [4.69, 9.17) is 0 Å². The number of para-hydroxylation sites is 1. The Morgan fingerprint density at radius 3 is 2.13 bits per heavy atom. The van der Waals surface area contributed by atoms with Gasteiger partial charge in [0.25, 0.3) is 26.0 Å². The van der Waals surface area contributed by atoms with Gasteiger partial charge in [0, 0.05) is 12.6 Å². The summed E-state index contributed by atoms with van der Waals surface area (Å²) in [6.07, 6.45) is 0. The van der Waals surface area contributed by atoms with E-state index in [1.807, 2.05) is 4.72 Å². The highest BCUT2D eigenvalue weighted by Gasteiger charge is 2.20. The van der Waals surface area contributed by atoms with Crippen LogP contribution in [0.4, 0.5) is 11.4 Å². The summed E-state index contributed by atoms with van der Waals surface area (Å²) in [5.74, 6) is -1.32. The second kappa shape index (κ2) is 8.88. The number of amides is 2. The van der Waals surface area contributed by atoms with Crippen molar-refractivity contribution >= 4 is 54.6 Å². The van der Waals surface area contributed by atoms with Crippen molar-refractivity contribution < 1.29 is 26.4 Å². The van der Waals surface area contributed by atoms with Crippen LogP contribution in [0.2, 0.25) is 0 Å². The molecule has 1 heterocycles. The highest BCUT2D eigenvalue weighted by molar-refractivity contribution is 7.94. The third kappa shape index (κ3) is 5.48. The van der Waals surface area contributed by atoms with E-state index in [1.54, 1.807) is 23.6 Å². The number of hydrogen-bond donors (Lipinski definition) is 3. The first-order valence-electron chi connectivity index (χ1n) is 8.69. The number of anilines is 2. The zero-order valence-corrected chi connectivity index (χ0v) is 18.5. The lowest BCUT2D eigenvalue weighted by molar-refractivity contribution is -0.117. The SMILES string of the molecule is CC(=O)NS(=O)(=O)c1ccc(NC(=O)c2ccccc2NS(=O)(=O)c2cccs2)cc1. The van der Waals surface area contributed by atoms with Gasteiger partial charge < -0.3 is 5.32 Å². The molecule has 0 bridgehead atoms. The zero-order chi connectivity index (χ0) is 22.6. The Balaban J connectivity index is 1.80. The molecule has 162 valence electrons. The van der Waals surface area contributed by atoms with Crippen LogP contribution < -0.4 is 14.8 Å². The molecule has 2 aromatic carbocycles. The second-order valence-electron chi connectivity index (χ2n) is 6.22. The van der Waals surface area contributed by atoms with Crippen molar-refractivity contribution in [2.75, 3.05) is 10.0 Å². The van der Waals surface area contributed by atoms with Gasteiger partial charge in [-0.2, -0.15) is 0 Å². The fourth-order valence-electron chi connectivity index (χ4n) is 2.55. The molecule has 0 saturated heterocycles. The summed E-state index contributed by atoms with van der Waals surface area (Å²) in [7, 11) is -7.84. The molecule has 3 N–H and O–H groups in total. The van der Waals surface area contributed by atoms with Gasteiger partial charge in [0.15, 0.2) is 0 Å². The fraction of sp³-hybridized carbons (Fsp3) is 0.0526. The largest absolute Gasteiger partial charge is 0.322 e. The van der Waals surface area contributed by atoms with Gasteiger partial charge in [-0.25, -0.2) is 21.6 Å². The van der Waals surface area contributed by atoms with E-state index in [2.05, 4.69) is 10.0 Å². The predicted molar refractivity (Wildman–Crippen MR) is 117 cm³/mol. The van der Waals surface area contributed by atoms with E-state index in [0.29, 0.717) is 0 Å². The minimum Gasteiger partial charge on any atom is -0.322 e. The summed E-state index contributed by atoms with van der Waals surface area (Å²) in [6.45, 7) is 1.08. The van der Waals surface area contributed by atoms with Gasteiger partial charge >= 0.3 is 0 Å². The lowest BCUT2D eigenvalue weighted by atomic mass is 10.1. The number of carbonyl (C=O) groups is 2. The summed E-state index contributed by atoms with van der Waals surface area (Å²) in [6, 6.07) is 14.3. The summed E-state index contributed by atoms with van der Waals surface area (Å²) in [5, 5.41) is 4.21. The molecule has 2 amide bonds. The molecule has 0 radical (unpaired) electrons. The molecule has 9 nitrogen and oxygen atoms in total. The topological polar surface area (TPSA) is 139 Å². The van der Waals surface area contributed by atoms with Crippen LogP contribution in [0.1, 0.15) is 17.3 Å². The third-order valence-corrected chi connectivity index (χ3v) is 8.09. The van der Waals surface area contributed by atoms with Gasteiger partial charge in [-0.1, -0.05) is 18.2 Å². The average molecular weight is 480 g/mol. The Bertz CT molecular complexity index is 1320. The molecule has 0 aliphatic carbocycles. The van der Waals surface area contributed by atoms with E-state index in [-0.39, 0.29) is 26.0 Å². The Labute approximate surface area is 183 Å². The number of benzene rings is 2. The smallest absolute Gasteiger partial charge is 0.271 e. The number of rotatable bonds is 7. The van der Waals surface area contributed by atoms with E-state index in [9.17, 15) is 26.4 Å². The second-order valence-corrected chi connectivity index (χ2v) is 10.8. The Kier molecular flexibility index (Phi) is 6.43. The monoisotopic (exact) mass is 479 g/mol. The third-order valence-electron chi connectivity index (χ3n) is 3.88. The van der Waals surface area contributed by atoms with Crippen molar-refractivity contribution in [3.05, 3.63) is 71.6 Å².